The van der Waals surface area contributed by atoms with Crippen LogP contribution in [0.3, 0.4) is 0 Å². The highest BCUT2D eigenvalue weighted by atomic mass is 127. The van der Waals surface area contributed by atoms with E-state index in [9.17, 15) is 5.26 Å². The van der Waals surface area contributed by atoms with E-state index in [1.807, 2.05) is 30.3 Å². The van der Waals surface area contributed by atoms with Gasteiger partial charge >= 0.3 is 0 Å². The molecule has 90 valence electrons. The number of hydrogen-bond acceptors (Lipinski definition) is 2. The van der Waals surface area contributed by atoms with Crippen LogP contribution in [0.25, 0.3) is 11.6 Å². The second-order valence-corrected chi connectivity index (χ2v) is 5.04. The summed E-state index contributed by atoms with van der Waals surface area (Å²) in [5, 5.41) is 18.0. The van der Waals surface area contributed by atoms with Gasteiger partial charge in [0.05, 0.1) is 23.3 Å². The monoisotopic (exact) mass is 356 g/mol. The van der Waals surface area contributed by atoms with Crippen LogP contribution in [0, 0.1) is 26.2 Å². The normalized spacial score (nSPS) is 10.6. The molecule has 0 N–H and O–H groups in total. The summed E-state index contributed by atoms with van der Waals surface area (Å²) < 4.78 is 1.10. The third kappa shape index (κ3) is 3.21. The van der Waals surface area contributed by atoms with Gasteiger partial charge in [0.1, 0.15) is 0 Å². The van der Waals surface area contributed by atoms with Crippen LogP contribution in [0.1, 0.15) is 16.7 Å². The first-order chi connectivity index (χ1) is 9.24. The molecule has 3 heteroatoms. The number of nitrogens with zero attached hydrogens (tertiary/aromatic N) is 2. The summed E-state index contributed by atoms with van der Waals surface area (Å²) in [5.41, 5.74) is 3.02. The lowest BCUT2D eigenvalue weighted by Gasteiger charge is -2.01. The third-order valence-electron chi connectivity index (χ3n) is 2.65. The number of allylic oxidation sites excluding steroid dienone is 1. The summed E-state index contributed by atoms with van der Waals surface area (Å²) in [5.74, 6) is 0. The van der Waals surface area contributed by atoms with Crippen LogP contribution in [-0.2, 0) is 0 Å². The molecule has 19 heavy (non-hydrogen) atoms. The predicted octanol–water partition coefficient (Wildman–Crippen LogP) is 4.23. The maximum absolute atomic E-state index is 9.27. The van der Waals surface area contributed by atoms with Crippen LogP contribution in [0.15, 0.2) is 48.5 Å². The van der Waals surface area contributed by atoms with Gasteiger partial charge in [-0.05, 0) is 58.0 Å². The van der Waals surface area contributed by atoms with Gasteiger partial charge in [0.25, 0.3) is 0 Å². The van der Waals surface area contributed by atoms with Crippen molar-refractivity contribution in [2.75, 3.05) is 0 Å². The van der Waals surface area contributed by atoms with E-state index in [2.05, 4.69) is 34.7 Å². The second-order valence-electron chi connectivity index (χ2n) is 3.88. The van der Waals surface area contributed by atoms with Gasteiger partial charge in [0.15, 0.2) is 0 Å². The Bertz CT molecular complexity index is 701. The summed E-state index contributed by atoms with van der Waals surface area (Å²) in [7, 11) is 0. The fourth-order valence-corrected chi connectivity index (χ4v) is 2.20. The van der Waals surface area contributed by atoms with E-state index in [0.29, 0.717) is 11.1 Å². The zero-order valence-electron chi connectivity index (χ0n) is 9.97. The maximum atomic E-state index is 9.27. The maximum Gasteiger partial charge on any atom is 0.0998 e. The van der Waals surface area contributed by atoms with Crippen molar-refractivity contribution in [2.45, 2.75) is 0 Å². The molecular formula is C16H9IN2. The lowest BCUT2D eigenvalue weighted by molar-refractivity contribution is 1.47. The Morgan fingerprint density at radius 1 is 1.00 bits per heavy atom. The lowest BCUT2D eigenvalue weighted by Crippen LogP contribution is -1.85. The average Bonchev–Trinajstić information content (AvgIpc) is 2.47. The fraction of sp³-hybridized carbons (Fsp3) is 0. The molecule has 0 aliphatic heterocycles. The first-order valence-corrected chi connectivity index (χ1v) is 6.69. The Hall–Kier alpha value is -2.11. The van der Waals surface area contributed by atoms with E-state index in [4.69, 9.17) is 5.26 Å². The van der Waals surface area contributed by atoms with Crippen molar-refractivity contribution in [2.24, 2.45) is 0 Å². The Labute approximate surface area is 125 Å². The summed E-state index contributed by atoms with van der Waals surface area (Å²) in [6, 6.07) is 19.2. The number of hydrogen-bond donors (Lipinski definition) is 0. The molecular weight excluding hydrogens is 347 g/mol. The highest BCUT2D eigenvalue weighted by Crippen LogP contribution is 2.21. The SMILES string of the molecule is N#C/C(=C/c1ccccc1I)c1ccc(C#N)cc1. The number of benzene rings is 2. The Balaban J connectivity index is 2.43. The van der Waals surface area contributed by atoms with Crippen LogP contribution < -0.4 is 0 Å². The molecule has 0 bridgehead atoms. The van der Waals surface area contributed by atoms with E-state index in [0.717, 1.165) is 14.7 Å². The highest BCUT2D eigenvalue weighted by molar-refractivity contribution is 14.1. The molecule has 0 unspecified atom stereocenters. The smallest absolute Gasteiger partial charge is 0.0998 e. The van der Waals surface area contributed by atoms with Crippen molar-refractivity contribution in [3.63, 3.8) is 0 Å². The molecule has 0 spiro atoms. The minimum absolute atomic E-state index is 0.591. The van der Waals surface area contributed by atoms with Gasteiger partial charge in [-0.2, -0.15) is 10.5 Å². The second kappa shape index (κ2) is 6.17. The van der Waals surface area contributed by atoms with Crippen molar-refractivity contribution in [1.82, 2.24) is 0 Å². The first kappa shape index (κ1) is 13.3. The largest absolute Gasteiger partial charge is 0.192 e. The van der Waals surface area contributed by atoms with Crippen molar-refractivity contribution >= 4 is 34.2 Å². The average molecular weight is 356 g/mol. The zero-order valence-corrected chi connectivity index (χ0v) is 12.1. The number of nitriles is 2. The van der Waals surface area contributed by atoms with Gasteiger partial charge in [0, 0.05) is 3.57 Å². The van der Waals surface area contributed by atoms with Gasteiger partial charge in [-0.25, -0.2) is 0 Å². The molecule has 0 fully saturated rings. The molecule has 0 heterocycles. The molecule has 0 amide bonds. The molecule has 0 saturated heterocycles. The standard InChI is InChI=1S/C16H9IN2/c17-16-4-2-1-3-14(16)9-15(11-19)13-7-5-12(10-18)6-8-13/h1-9H/b15-9-. The van der Waals surface area contributed by atoms with Gasteiger partial charge in [-0.15, -0.1) is 0 Å². The third-order valence-corrected chi connectivity index (χ3v) is 3.63. The minimum atomic E-state index is 0.591. The molecule has 2 nitrogen and oxygen atoms in total. The minimum Gasteiger partial charge on any atom is -0.192 e. The molecule has 2 rings (SSSR count). The van der Waals surface area contributed by atoms with E-state index in [-0.39, 0.29) is 0 Å². The molecule has 0 aliphatic carbocycles. The predicted molar refractivity (Wildman–Crippen MR) is 83.8 cm³/mol. The molecule has 0 aromatic heterocycles. The first-order valence-electron chi connectivity index (χ1n) is 5.61. The number of halogens is 1. The van der Waals surface area contributed by atoms with E-state index >= 15 is 0 Å². The summed E-state index contributed by atoms with van der Waals surface area (Å²) in [4.78, 5) is 0. The summed E-state index contributed by atoms with van der Waals surface area (Å²) >= 11 is 2.24. The van der Waals surface area contributed by atoms with E-state index < -0.39 is 0 Å². The van der Waals surface area contributed by atoms with Crippen LogP contribution in [0.2, 0.25) is 0 Å². The summed E-state index contributed by atoms with van der Waals surface area (Å²) in [6.07, 6.45) is 1.86. The van der Waals surface area contributed by atoms with E-state index in [1.165, 1.54) is 0 Å². The highest BCUT2D eigenvalue weighted by Gasteiger charge is 2.03. The van der Waals surface area contributed by atoms with E-state index in [1.54, 1.807) is 24.3 Å². The van der Waals surface area contributed by atoms with Gasteiger partial charge < -0.3 is 0 Å². The Kier molecular flexibility index (Phi) is 4.33. The Morgan fingerprint density at radius 2 is 1.68 bits per heavy atom. The van der Waals surface area contributed by atoms with Crippen molar-refractivity contribution in [3.8, 4) is 12.1 Å². The van der Waals surface area contributed by atoms with Gasteiger partial charge in [0.2, 0.25) is 0 Å². The Morgan fingerprint density at radius 3 is 2.26 bits per heavy atom. The van der Waals surface area contributed by atoms with Crippen LogP contribution in [0.4, 0.5) is 0 Å². The molecule has 2 aromatic rings. The number of rotatable bonds is 2. The quantitative estimate of drug-likeness (QED) is 0.459. The zero-order chi connectivity index (χ0) is 13.7. The van der Waals surface area contributed by atoms with Crippen LogP contribution >= 0.6 is 22.6 Å². The van der Waals surface area contributed by atoms with Gasteiger partial charge in [-0.1, -0.05) is 30.3 Å². The van der Waals surface area contributed by atoms with Crippen molar-refractivity contribution in [3.05, 3.63) is 68.8 Å². The summed E-state index contributed by atoms with van der Waals surface area (Å²) in [6.45, 7) is 0. The van der Waals surface area contributed by atoms with Crippen molar-refractivity contribution < 1.29 is 0 Å². The topological polar surface area (TPSA) is 47.6 Å². The van der Waals surface area contributed by atoms with Crippen LogP contribution in [-0.4, -0.2) is 0 Å². The van der Waals surface area contributed by atoms with Gasteiger partial charge in [-0.3, -0.25) is 0 Å². The molecule has 0 atom stereocenters. The molecule has 0 saturated carbocycles. The molecule has 2 aromatic carbocycles. The fourth-order valence-electron chi connectivity index (χ4n) is 1.65. The molecule has 0 aliphatic rings. The molecule has 0 radical (unpaired) electrons. The lowest BCUT2D eigenvalue weighted by atomic mass is 10.0. The van der Waals surface area contributed by atoms with Crippen LogP contribution in [0.5, 0.6) is 0 Å². The van der Waals surface area contributed by atoms with Crippen molar-refractivity contribution in [1.29, 1.82) is 10.5 Å².